The summed E-state index contributed by atoms with van der Waals surface area (Å²) in [7, 11) is 3.25. The van der Waals surface area contributed by atoms with Crippen molar-refractivity contribution < 1.29 is 175 Å². The molecule has 1 radical (unpaired) electrons. The molecule has 563 valence electrons. The molecule has 1 fully saturated rings. The Morgan fingerprint density at radius 3 is 1.32 bits per heavy atom. The largest absolute Gasteiger partial charge is 1.00 e. The normalized spacial score (nSPS) is 11.3. The van der Waals surface area contributed by atoms with Crippen molar-refractivity contribution in [3.8, 4) is 45.3 Å². The van der Waals surface area contributed by atoms with Crippen molar-refractivity contribution in [1.29, 1.82) is 0 Å². The molecule has 12 aromatic rings. The Morgan fingerprint density at radius 2 is 0.879 bits per heavy atom. The molecule has 0 amide bonds. The zero-order valence-electron chi connectivity index (χ0n) is 55.7. The fraction of sp³-hybridized carbons (Fsp3) is 0.176. The third-order valence-electron chi connectivity index (χ3n) is 14.2. The van der Waals surface area contributed by atoms with Crippen LogP contribution in [0, 0.1) is 21.0 Å². The molecular weight excluding hydrogens is 2110 g/mol. The molecule has 33 heteroatoms. The molecule has 10 aromatic carbocycles. The van der Waals surface area contributed by atoms with E-state index in [1.807, 2.05) is 141 Å². The van der Waals surface area contributed by atoms with Gasteiger partial charge < -0.3 is 54.0 Å². The number of methoxy groups -OCH3 is 2. The van der Waals surface area contributed by atoms with Gasteiger partial charge in [-0.05, 0) is 204 Å². The van der Waals surface area contributed by atoms with Gasteiger partial charge in [0.25, 0.3) is 6.47 Å². The van der Waals surface area contributed by atoms with E-state index in [1.54, 1.807) is 80.9 Å². The number of carbonyl (C=O) groups excluding carboxylic acids is 1. The number of benzene rings is 10. The van der Waals surface area contributed by atoms with E-state index in [2.05, 4.69) is 116 Å². The van der Waals surface area contributed by atoms with E-state index in [-0.39, 0.29) is 168 Å². The number of hydrogen-bond acceptors (Lipinski definition) is 12. The van der Waals surface area contributed by atoms with Gasteiger partial charge in [-0.15, -0.1) is 47.3 Å². The Balaban J connectivity index is -0.00000120. The maximum absolute atomic E-state index is 13.9. The Hall–Kier alpha value is -0.892. The maximum atomic E-state index is 13.9. The number of carbonyl (C=O) groups is 1. The van der Waals surface area contributed by atoms with Gasteiger partial charge in [-0.1, -0.05) is 180 Å². The van der Waals surface area contributed by atoms with Crippen LogP contribution in [-0.2, 0) is 19.0 Å². The number of halogens is 16. The van der Waals surface area contributed by atoms with E-state index in [9.17, 15) is 18.3 Å². The molecule has 0 bridgehead atoms. The van der Waals surface area contributed by atoms with E-state index < -0.39 is 24.1 Å². The van der Waals surface area contributed by atoms with Gasteiger partial charge in [0.1, 0.15) is 57.0 Å². The summed E-state index contributed by atoms with van der Waals surface area (Å²) >= 11 is 53.7. The Bertz CT molecular complexity index is 4700. The molecule has 107 heavy (non-hydrogen) atoms. The smallest absolute Gasteiger partial charge is 1.00 e. The summed E-state index contributed by atoms with van der Waals surface area (Å²) in [5, 5.41) is 33.0. The van der Waals surface area contributed by atoms with E-state index in [1.165, 1.54) is 24.3 Å². The van der Waals surface area contributed by atoms with Gasteiger partial charge in [0.15, 0.2) is 5.75 Å². The van der Waals surface area contributed by atoms with E-state index in [4.69, 9.17) is 105 Å². The summed E-state index contributed by atoms with van der Waals surface area (Å²) in [5.41, 5.74) is 5.29. The van der Waals surface area contributed by atoms with E-state index in [0.29, 0.717) is 89.3 Å². The first kappa shape index (κ1) is 108. The van der Waals surface area contributed by atoms with Crippen molar-refractivity contribution in [3.63, 3.8) is 0 Å². The van der Waals surface area contributed by atoms with Crippen LogP contribution in [0.2, 0.25) is 25.1 Å². The molecule has 1 saturated heterocycles. The quantitative estimate of drug-likeness (QED) is 0.0282. The molecule has 1 aliphatic heterocycles. The number of para-hydroxylation sites is 6. The number of aromatic hydroxyl groups is 1. The van der Waals surface area contributed by atoms with Crippen LogP contribution >= 0.6 is 192 Å². The van der Waals surface area contributed by atoms with Gasteiger partial charge in [-0.2, -0.15) is 0 Å². The molecule has 0 saturated carbocycles. The van der Waals surface area contributed by atoms with Crippen molar-refractivity contribution in [3.05, 3.63) is 246 Å². The first-order valence-corrected chi connectivity index (χ1v) is 37.4. The van der Waals surface area contributed by atoms with E-state index >= 15 is 0 Å². The van der Waals surface area contributed by atoms with Crippen molar-refractivity contribution in [2.24, 2.45) is 0 Å². The molecule has 0 aliphatic carbocycles. The molecule has 1 aliphatic rings. The summed E-state index contributed by atoms with van der Waals surface area (Å²) in [6.45, 7) is 7.99. The Kier molecular flexibility index (Phi) is 53.2. The van der Waals surface area contributed by atoms with Gasteiger partial charge >= 0.3 is 121 Å². The maximum Gasteiger partial charge on any atom is 1.00 e. The number of hydrogen-bond donors (Lipinski definition) is 2. The molecular formula is C74H72B3Br7Cl5F3IK2O12. The number of ether oxygens (including phenoxy) is 2. The first-order chi connectivity index (χ1) is 47.4. The van der Waals surface area contributed by atoms with Gasteiger partial charge in [0, 0.05) is 98.9 Å². The summed E-state index contributed by atoms with van der Waals surface area (Å²) < 4.78 is 83.0. The minimum absolute atomic E-state index is 0. The van der Waals surface area contributed by atoms with Crippen molar-refractivity contribution >= 4 is 265 Å². The third kappa shape index (κ3) is 31.2. The van der Waals surface area contributed by atoms with Crippen molar-refractivity contribution in [2.45, 2.75) is 76.0 Å². The summed E-state index contributed by atoms with van der Waals surface area (Å²) in [5.74, 6) is 0.601. The van der Waals surface area contributed by atoms with Crippen LogP contribution in [0.15, 0.2) is 209 Å². The number of rotatable bonds is 8. The van der Waals surface area contributed by atoms with Crippen LogP contribution in [0.25, 0.3) is 66.1 Å². The Labute approximate surface area is 808 Å². The molecule has 2 N–H and O–H groups in total. The summed E-state index contributed by atoms with van der Waals surface area (Å²) in [6.07, 6.45) is 0. The first-order valence-electron chi connectivity index (χ1n) is 28.5. The summed E-state index contributed by atoms with van der Waals surface area (Å²) in [4.78, 5) is 11.2. The fourth-order valence-electron chi connectivity index (χ4n) is 9.21. The minimum atomic E-state index is -0.471. The Morgan fingerprint density at radius 1 is 0.523 bits per heavy atom. The standard InChI is InChI=1S/C18H18BClO3.C13H9BrClFO.C12H7BrClFO.C12H6BrClO.C7H8BO3.C6H2BrClFI.CH2O3.5CH4.BBr3.2K.H/c1-17(2)18(3,4)23-19(22-17)13-9-11(20)10-15-16(13)12-7-5-6-8-14(12)21-15;1-17-12-5-3-2-4-9(12)13-10(14)6-8(15)7-11(13)16;13-9-5-7(14)6-10(15)12(9)8-3-1-2-4-11(8)16;13-9-5-7(14)6-11-12(9)8-3-1-2-4-10(8)15-11;1-10-6-4-2-3-5-7(6)11-8-9;7-4-1-3(8)2-5(9)6(4)10;2-1-4-3;;;;;;2-1(3)4;;;/h5-10H,1-4H3;2-7H,1H3;1-6,16H;1-6H;2-5,9H,1H3;1-2H;1,3H;5*1H4;;;;/q;;;;;;;;;;;;;2*+1;-1/p-1. The van der Waals surface area contributed by atoms with Crippen LogP contribution in [0.5, 0.6) is 23.0 Å². The second kappa shape index (κ2) is 52.6. The van der Waals surface area contributed by atoms with Crippen LogP contribution in [0.4, 0.5) is 13.2 Å². The minimum Gasteiger partial charge on any atom is -1.00 e. The SMILES string of the molecule is BrB(Br)Br.C.C.C.C.C.CC1(C)OB(c2cc(Cl)cc3oc4ccccc4c23)OC1(C)C.COc1ccccc1-c1c(F)cc(Cl)cc1Br.COc1ccccc1O[B]O.Clc1cc(Br)c2c(c1)oc1ccccc12.Fc1cc(Cl)cc(Br)c1I.O=CO[O-].Oc1ccccc1-c1c(F)cc(Cl)cc1Br.[H-].[K+].[K+]. The van der Waals surface area contributed by atoms with Gasteiger partial charge in [0.2, 0.25) is 0 Å². The fourth-order valence-corrected chi connectivity index (χ4v) is 13.5. The molecule has 12 nitrogen and oxygen atoms in total. The van der Waals surface area contributed by atoms with Crippen molar-refractivity contribution in [2.75, 3.05) is 14.2 Å². The van der Waals surface area contributed by atoms with Crippen molar-refractivity contribution in [1.82, 2.24) is 0 Å². The topological polar surface area (TPSA) is 162 Å². The molecule has 0 spiro atoms. The number of furan rings is 2. The third-order valence-corrected chi connectivity index (χ3v) is 19.6. The number of phenolic OH excluding ortho intramolecular Hbond substituents is 1. The predicted molar refractivity (Wildman–Crippen MR) is 466 cm³/mol. The average molecular weight is 2180 g/mol. The number of fused-ring (bicyclic) bond motifs is 6. The molecule has 13 rings (SSSR count). The van der Waals surface area contributed by atoms with E-state index in [0.717, 1.165) is 53.8 Å². The van der Waals surface area contributed by atoms with Crippen LogP contribution in [-0.4, -0.2) is 60.0 Å². The molecule has 0 unspecified atom stereocenters. The predicted octanol–water partition coefficient (Wildman–Crippen LogP) is 21.4. The van der Waals surface area contributed by atoms with Gasteiger partial charge in [0.05, 0.1) is 29.0 Å². The molecule has 2 aromatic heterocycles. The zero-order valence-corrected chi connectivity index (χ0v) is 77.9. The van der Waals surface area contributed by atoms with Gasteiger partial charge in [-0.3, -0.25) is 4.79 Å². The number of phenols is 1. The zero-order chi connectivity index (χ0) is 73.8. The van der Waals surface area contributed by atoms with Crippen LogP contribution in [0.3, 0.4) is 0 Å². The average Bonchev–Trinajstić information content (AvgIpc) is 1.58. The van der Waals surface area contributed by atoms with Crippen LogP contribution < -0.4 is 128 Å². The monoisotopic (exact) mass is 2170 g/mol. The van der Waals surface area contributed by atoms with Gasteiger partial charge in [-0.25, -0.2) is 13.2 Å². The second-order valence-corrected chi connectivity index (χ2v) is 34.2. The van der Waals surface area contributed by atoms with Crippen LogP contribution in [0.1, 0.15) is 66.3 Å². The molecule has 0 atom stereocenters. The second-order valence-electron chi connectivity index (χ2n) is 21.1. The summed E-state index contributed by atoms with van der Waals surface area (Å²) in [6, 6.07) is 53.0. The molecule has 3 heterocycles.